The van der Waals surface area contributed by atoms with E-state index >= 15 is 0 Å². The SMILES string of the molecule is CCCCn1c2c(cc(CNCC)c1=O)CCCC2. The molecule has 0 fully saturated rings. The summed E-state index contributed by atoms with van der Waals surface area (Å²) in [7, 11) is 0. The van der Waals surface area contributed by atoms with E-state index in [9.17, 15) is 4.79 Å². The largest absolute Gasteiger partial charge is 0.313 e. The lowest BCUT2D eigenvalue weighted by atomic mass is 9.94. The van der Waals surface area contributed by atoms with Gasteiger partial charge in [-0.05, 0) is 50.3 Å². The summed E-state index contributed by atoms with van der Waals surface area (Å²) in [4.78, 5) is 12.6. The Morgan fingerprint density at radius 1 is 1.26 bits per heavy atom. The molecule has 3 heteroatoms. The predicted molar refractivity (Wildman–Crippen MR) is 79.6 cm³/mol. The fourth-order valence-corrected chi connectivity index (χ4v) is 2.88. The van der Waals surface area contributed by atoms with Gasteiger partial charge in [0.1, 0.15) is 0 Å². The fourth-order valence-electron chi connectivity index (χ4n) is 2.88. The van der Waals surface area contributed by atoms with Gasteiger partial charge in [0.15, 0.2) is 0 Å². The monoisotopic (exact) mass is 262 g/mol. The number of aryl methyl sites for hydroxylation is 1. The molecular weight excluding hydrogens is 236 g/mol. The van der Waals surface area contributed by atoms with Crippen LogP contribution in [-0.4, -0.2) is 11.1 Å². The summed E-state index contributed by atoms with van der Waals surface area (Å²) in [6.07, 6.45) is 6.94. The highest BCUT2D eigenvalue weighted by molar-refractivity contribution is 5.29. The number of unbranched alkanes of at least 4 members (excludes halogenated alkanes) is 1. The minimum absolute atomic E-state index is 0.232. The summed E-state index contributed by atoms with van der Waals surface area (Å²) >= 11 is 0. The number of fused-ring (bicyclic) bond motifs is 1. The van der Waals surface area contributed by atoms with Crippen LogP contribution in [0.4, 0.5) is 0 Å². The Labute approximate surface area is 116 Å². The minimum Gasteiger partial charge on any atom is -0.313 e. The molecule has 2 rings (SSSR count). The van der Waals surface area contributed by atoms with Gasteiger partial charge < -0.3 is 9.88 Å². The van der Waals surface area contributed by atoms with Crippen molar-refractivity contribution in [1.82, 2.24) is 9.88 Å². The maximum atomic E-state index is 12.6. The summed E-state index contributed by atoms with van der Waals surface area (Å²) < 4.78 is 2.06. The van der Waals surface area contributed by atoms with Gasteiger partial charge >= 0.3 is 0 Å². The van der Waals surface area contributed by atoms with Crippen molar-refractivity contribution in [3.05, 3.63) is 33.2 Å². The van der Waals surface area contributed by atoms with Crippen molar-refractivity contribution in [3.63, 3.8) is 0 Å². The molecule has 19 heavy (non-hydrogen) atoms. The second-order valence-corrected chi connectivity index (χ2v) is 5.44. The van der Waals surface area contributed by atoms with E-state index in [4.69, 9.17) is 0 Å². The molecule has 0 bridgehead atoms. The second-order valence-electron chi connectivity index (χ2n) is 5.44. The lowest BCUT2D eigenvalue weighted by Crippen LogP contribution is -2.31. The van der Waals surface area contributed by atoms with Crippen molar-refractivity contribution in [2.45, 2.75) is 65.5 Å². The van der Waals surface area contributed by atoms with Crippen LogP contribution in [0.2, 0.25) is 0 Å². The Balaban J connectivity index is 2.38. The first-order chi connectivity index (χ1) is 9.27. The molecule has 0 spiro atoms. The van der Waals surface area contributed by atoms with Crippen molar-refractivity contribution in [3.8, 4) is 0 Å². The molecule has 1 aromatic rings. The van der Waals surface area contributed by atoms with E-state index in [0.29, 0.717) is 6.54 Å². The van der Waals surface area contributed by atoms with Crippen LogP contribution in [0.25, 0.3) is 0 Å². The zero-order valence-electron chi connectivity index (χ0n) is 12.3. The van der Waals surface area contributed by atoms with E-state index in [1.807, 2.05) is 0 Å². The lowest BCUT2D eigenvalue weighted by molar-refractivity contribution is 0.541. The first kappa shape index (κ1) is 14.3. The third-order valence-corrected chi connectivity index (χ3v) is 3.98. The number of nitrogens with zero attached hydrogens (tertiary/aromatic N) is 1. The molecule has 0 aromatic carbocycles. The van der Waals surface area contributed by atoms with Crippen LogP contribution < -0.4 is 10.9 Å². The van der Waals surface area contributed by atoms with Crippen LogP contribution in [0.15, 0.2) is 10.9 Å². The normalized spacial score (nSPS) is 14.4. The molecule has 0 saturated carbocycles. The Morgan fingerprint density at radius 3 is 2.79 bits per heavy atom. The van der Waals surface area contributed by atoms with E-state index in [1.165, 1.54) is 24.1 Å². The number of hydrogen-bond acceptors (Lipinski definition) is 2. The molecular formula is C16H26N2O. The summed E-state index contributed by atoms with van der Waals surface area (Å²) in [6.45, 7) is 6.76. The molecule has 0 atom stereocenters. The van der Waals surface area contributed by atoms with Crippen LogP contribution in [0, 0.1) is 0 Å². The smallest absolute Gasteiger partial charge is 0.255 e. The third-order valence-electron chi connectivity index (χ3n) is 3.98. The van der Waals surface area contributed by atoms with Gasteiger partial charge in [0.05, 0.1) is 0 Å². The van der Waals surface area contributed by atoms with Gasteiger partial charge in [-0.25, -0.2) is 0 Å². The highest BCUT2D eigenvalue weighted by Gasteiger charge is 2.17. The van der Waals surface area contributed by atoms with Crippen molar-refractivity contribution < 1.29 is 0 Å². The third kappa shape index (κ3) is 3.27. The molecule has 1 aliphatic carbocycles. The fraction of sp³-hybridized carbons (Fsp3) is 0.688. The summed E-state index contributed by atoms with van der Waals surface area (Å²) in [5.41, 5.74) is 3.90. The minimum atomic E-state index is 0.232. The van der Waals surface area contributed by atoms with Crippen LogP contribution in [0.3, 0.4) is 0 Å². The Morgan fingerprint density at radius 2 is 2.05 bits per heavy atom. The van der Waals surface area contributed by atoms with Gasteiger partial charge in [-0.15, -0.1) is 0 Å². The Kier molecular flexibility index (Phi) is 5.20. The van der Waals surface area contributed by atoms with Crippen molar-refractivity contribution in [2.24, 2.45) is 0 Å². The first-order valence-corrected chi connectivity index (χ1v) is 7.73. The van der Waals surface area contributed by atoms with Crippen LogP contribution in [0.5, 0.6) is 0 Å². The van der Waals surface area contributed by atoms with Crippen molar-refractivity contribution in [1.29, 1.82) is 0 Å². The summed E-state index contributed by atoms with van der Waals surface area (Å²) in [5, 5.41) is 3.28. The zero-order valence-corrected chi connectivity index (χ0v) is 12.3. The van der Waals surface area contributed by atoms with E-state index in [1.54, 1.807) is 0 Å². The molecule has 1 heterocycles. The molecule has 0 aliphatic heterocycles. The Hall–Kier alpha value is -1.09. The van der Waals surface area contributed by atoms with Crippen LogP contribution in [-0.2, 0) is 25.9 Å². The average Bonchev–Trinajstić information content (AvgIpc) is 2.44. The highest BCUT2D eigenvalue weighted by atomic mass is 16.1. The van der Waals surface area contributed by atoms with Crippen LogP contribution in [0.1, 0.15) is 56.4 Å². The van der Waals surface area contributed by atoms with E-state index in [-0.39, 0.29) is 5.56 Å². The van der Waals surface area contributed by atoms with E-state index in [0.717, 1.165) is 44.3 Å². The maximum Gasteiger partial charge on any atom is 0.255 e. The number of aromatic nitrogens is 1. The van der Waals surface area contributed by atoms with Gasteiger partial charge in [0.2, 0.25) is 0 Å². The molecule has 0 radical (unpaired) electrons. The first-order valence-electron chi connectivity index (χ1n) is 7.73. The van der Waals surface area contributed by atoms with Crippen molar-refractivity contribution >= 4 is 0 Å². The quantitative estimate of drug-likeness (QED) is 0.855. The van der Waals surface area contributed by atoms with Gasteiger partial charge in [0.25, 0.3) is 5.56 Å². The lowest BCUT2D eigenvalue weighted by Gasteiger charge is -2.22. The number of hydrogen-bond donors (Lipinski definition) is 1. The molecule has 0 amide bonds. The van der Waals surface area contributed by atoms with Gasteiger partial charge in [0, 0.05) is 24.3 Å². The predicted octanol–water partition coefficient (Wildman–Crippen LogP) is 2.64. The molecule has 1 aliphatic rings. The highest BCUT2D eigenvalue weighted by Crippen LogP contribution is 2.21. The van der Waals surface area contributed by atoms with Gasteiger partial charge in [-0.3, -0.25) is 4.79 Å². The van der Waals surface area contributed by atoms with E-state index < -0.39 is 0 Å². The molecule has 0 saturated heterocycles. The summed E-state index contributed by atoms with van der Waals surface area (Å²) in [6, 6.07) is 2.15. The molecule has 106 valence electrons. The number of rotatable bonds is 6. The van der Waals surface area contributed by atoms with Gasteiger partial charge in [-0.1, -0.05) is 20.3 Å². The second kappa shape index (κ2) is 6.90. The number of nitrogens with one attached hydrogen (secondary N) is 1. The zero-order chi connectivity index (χ0) is 13.7. The molecule has 0 unspecified atom stereocenters. The van der Waals surface area contributed by atoms with Crippen molar-refractivity contribution in [2.75, 3.05) is 6.54 Å². The average molecular weight is 262 g/mol. The molecule has 1 N–H and O–H groups in total. The molecule has 3 nitrogen and oxygen atoms in total. The Bertz CT molecular complexity index is 476. The van der Waals surface area contributed by atoms with E-state index in [2.05, 4.69) is 29.8 Å². The standard InChI is InChI=1S/C16H26N2O/c1-3-5-10-18-15-9-7-6-8-13(15)11-14(16(18)19)12-17-4-2/h11,17H,3-10,12H2,1-2H3. The maximum absolute atomic E-state index is 12.6. The molecule has 1 aromatic heterocycles. The topological polar surface area (TPSA) is 34.0 Å². The van der Waals surface area contributed by atoms with Crippen LogP contribution >= 0.6 is 0 Å². The summed E-state index contributed by atoms with van der Waals surface area (Å²) in [5.74, 6) is 0. The van der Waals surface area contributed by atoms with Gasteiger partial charge in [-0.2, -0.15) is 0 Å². The number of pyridine rings is 1.